The van der Waals surface area contributed by atoms with Crippen LogP contribution < -0.4 is 4.74 Å². The number of carbonyl (C=O) groups excluding carboxylic acids is 1. The fourth-order valence-corrected chi connectivity index (χ4v) is 6.68. The van der Waals surface area contributed by atoms with Crippen molar-refractivity contribution in [2.75, 3.05) is 14.2 Å². The summed E-state index contributed by atoms with van der Waals surface area (Å²) >= 11 is 14.5. The molecule has 2 aliphatic heterocycles. The molecular formula is C24H19Cl2NO4S. The first-order valence-corrected chi connectivity index (χ1v) is 11.5. The lowest BCUT2D eigenvalue weighted by molar-refractivity contribution is -0.150. The highest BCUT2D eigenvalue weighted by molar-refractivity contribution is 8.00. The summed E-state index contributed by atoms with van der Waals surface area (Å²) in [5.41, 5.74) is 1.09. The largest absolute Gasteiger partial charge is 0.497 e. The maximum Gasteiger partial charge on any atom is 0.312 e. The summed E-state index contributed by atoms with van der Waals surface area (Å²) in [4.78, 5) is 17.5. The molecule has 0 amide bonds. The Morgan fingerprint density at radius 1 is 1.12 bits per heavy atom. The molecule has 2 aromatic carbocycles. The van der Waals surface area contributed by atoms with Crippen molar-refractivity contribution in [3.63, 3.8) is 0 Å². The zero-order valence-corrected chi connectivity index (χ0v) is 19.6. The van der Waals surface area contributed by atoms with Gasteiger partial charge in [0.25, 0.3) is 0 Å². The number of hydrogen-bond acceptors (Lipinski definition) is 6. The standard InChI is InChI=1S/C24H19Cl2NO4S/c1-29-15-10-8-14(9-11-15)24-18(22(28)30-2)13-23(31-24,32-16-6-4-3-5-7-16)17-12-19(25)27-21(26)20(17)24/h3-12,18H,13H2,1-2H3/t18?,23-,24-/m1/s1. The van der Waals surface area contributed by atoms with Gasteiger partial charge in [-0.05, 0) is 35.9 Å². The molecule has 8 heteroatoms. The van der Waals surface area contributed by atoms with Crippen LogP contribution in [0.2, 0.25) is 10.3 Å². The van der Waals surface area contributed by atoms with Gasteiger partial charge in [0.2, 0.25) is 0 Å². The first-order valence-electron chi connectivity index (χ1n) is 9.97. The van der Waals surface area contributed by atoms with Gasteiger partial charge in [-0.1, -0.05) is 65.3 Å². The Labute approximate surface area is 200 Å². The molecule has 2 bridgehead atoms. The summed E-state index contributed by atoms with van der Waals surface area (Å²) < 4.78 is 17.4. The van der Waals surface area contributed by atoms with Crippen molar-refractivity contribution in [3.05, 3.63) is 87.7 Å². The summed E-state index contributed by atoms with van der Waals surface area (Å²) in [7, 11) is 2.99. The second kappa shape index (κ2) is 7.96. The van der Waals surface area contributed by atoms with Gasteiger partial charge in [-0.15, -0.1) is 0 Å². The summed E-state index contributed by atoms with van der Waals surface area (Å²) in [6.45, 7) is 0. The lowest BCUT2D eigenvalue weighted by Gasteiger charge is -2.33. The number of thioether (sulfide) groups is 1. The van der Waals surface area contributed by atoms with E-state index in [9.17, 15) is 4.79 Å². The maximum absolute atomic E-state index is 13.1. The Hall–Kier alpha value is -2.25. The SMILES string of the molecule is COC(=O)C1C[C@]2(Sc3ccccc3)O[C@@]1(c1ccc(OC)cc1)c1c2cc(Cl)nc1Cl. The molecule has 1 aromatic heterocycles. The molecule has 164 valence electrons. The number of benzene rings is 2. The molecule has 0 N–H and O–H groups in total. The zero-order valence-electron chi connectivity index (χ0n) is 17.3. The Morgan fingerprint density at radius 3 is 2.50 bits per heavy atom. The number of carbonyl (C=O) groups is 1. The second-order valence-corrected chi connectivity index (χ2v) is 9.75. The number of esters is 1. The zero-order chi connectivity index (χ0) is 22.5. The van der Waals surface area contributed by atoms with E-state index < -0.39 is 16.5 Å². The molecule has 1 fully saturated rings. The Morgan fingerprint density at radius 2 is 1.84 bits per heavy atom. The molecule has 5 rings (SSSR count). The summed E-state index contributed by atoms with van der Waals surface area (Å²) in [6, 6.07) is 19.1. The second-order valence-electron chi connectivity index (χ2n) is 7.67. The number of nitrogens with zero attached hydrogens (tertiary/aromatic N) is 1. The first kappa shape index (κ1) is 21.6. The highest BCUT2D eigenvalue weighted by atomic mass is 35.5. The van der Waals surface area contributed by atoms with Crippen LogP contribution in [0, 0.1) is 5.92 Å². The topological polar surface area (TPSA) is 57.7 Å². The van der Waals surface area contributed by atoms with Gasteiger partial charge in [0.15, 0.2) is 0 Å². The van der Waals surface area contributed by atoms with Crippen molar-refractivity contribution >= 4 is 40.9 Å². The first-order chi connectivity index (χ1) is 15.4. The minimum Gasteiger partial charge on any atom is -0.497 e. The van der Waals surface area contributed by atoms with Gasteiger partial charge >= 0.3 is 5.97 Å². The van der Waals surface area contributed by atoms with Crippen molar-refractivity contribution in [2.24, 2.45) is 5.92 Å². The van der Waals surface area contributed by atoms with E-state index in [-0.39, 0.29) is 16.3 Å². The van der Waals surface area contributed by atoms with Gasteiger partial charge in [-0.25, -0.2) is 4.98 Å². The lowest BCUT2D eigenvalue weighted by Crippen LogP contribution is -2.39. The van der Waals surface area contributed by atoms with Crippen LogP contribution in [-0.2, 0) is 24.8 Å². The van der Waals surface area contributed by atoms with E-state index in [2.05, 4.69) is 4.98 Å². The average molecular weight is 488 g/mol. The van der Waals surface area contributed by atoms with E-state index in [1.165, 1.54) is 18.9 Å². The Kier molecular flexibility index (Phi) is 5.37. The normalized spacial score (nSPS) is 25.4. The number of fused-ring (bicyclic) bond motifs is 5. The van der Waals surface area contributed by atoms with E-state index >= 15 is 0 Å². The fraction of sp³-hybridized carbons (Fsp3) is 0.250. The van der Waals surface area contributed by atoms with Crippen LogP contribution in [0.5, 0.6) is 5.75 Å². The molecule has 0 saturated carbocycles. The van der Waals surface area contributed by atoms with Crippen LogP contribution in [0.4, 0.5) is 0 Å². The smallest absolute Gasteiger partial charge is 0.312 e. The molecule has 3 atom stereocenters. The summed E-state index contributed by atoms with van der Waals surface area (Å²) in [5.74, 6) is -0.292. The van der Waals surface area contributed by atoms with Crippen LogP contribution >= 0.6 is 35.0 Å². The Bertz CT molecular complexity index is 1190. The van der Waals surface area contributed by atoms with Crippen molar-refractivity contribution in [1.29, 1.82) is 0 Å². The van der Waals surface area contributed by atoms with E-state index in [0.29, 0.717) is 17.7 Å². The van der Waals surface area contributed by atoms with Crippen LogP contribution in [-0.4, -0.2) is 25.2 Å². The van der Waals surface area contributed by atoms with Gasteiger partial charge in [0, 0.05) is 22.4 Å². The van der Waals surface area contributed by atoms with Crippen LogP contribution in [0.3, 0.4) is 0 Å². The molecule has 5 nitrogen and oxygen atoms in total. The number of hydrogen-bond donors (Lipinski definition) is 0. The molecule has 3 heterocycles. The van der Waals surface area contributed by atoms with Gasteiger partial charge in [0.05, 0.1) is 20.1 Å². The van der Waals surface area contributed by atoms with E-state index in [1.807, 2.05) is 54.6 Å². The molecule has 32 heavy (non-hydrogen) atoms. The number of ether oxygens (including phenoxy) is 3. The number of methoxy groups -OCH3 is 2. The van der Waals surface area contributed by atoms with Gasteiger partial charge in [-0.3, -0.25) is 4.79 Å². The van der Waals surface area contributed by atoms with Crippen LogP contribution in [0.15, 0.2) is 65.6 Å². The number of rotatable bonds is 5. The van der Waals surface area contributed by atoms with E-state index in [4.69, 9.17) is 37.4 Å². The van der Waals surface area contributed by atoms with Crippen molar-refractivity contribution in [1.82, 2.24) is 4.98 Å². The third-order valence-corrected chi connectivity index (χ3v) is 7.82. The highest BCUT2D eigenvalue weighted by Crippen LogP contribution is 2.69. The minimum absolute atomic E-state index is 0.215. The molecule has 0 radical (unpaired) electrons. The average Bonchev–Trinajstić information content (AvgIpc) is 3.29. The third-order valence-electron chi connectivity index (χ3n) is 6.05. The minimum atomic E-state index is -1.16. The van der Waals surface area contributed by atoms with E-state index in [0.717, 1.165) is 16.0 Å². The predicted octanol–water partition coefficient (Wildman–Crippen LogP) is 5.81. The highest BCUT2D eigenvalue weighted by Gasteiger charge is 2.69. The van der Waals surface area contributed by atoms with Gasteiger partial charge in [0.1, 0.15) is 26.6 Å². The molecule has 1 unspecified atom stereocenters. The van der Waals surface area contributed by atoms with Gasteiger partial charge < -0.3 is 14.2 Å². The molecule has 1 saturated heterocycles. The molecule has 2 aliphatic rings. The molecule has 3 aromatic rings. The van der Waals surface area contributed by atoms with Crippen molar-refractivity contribution < 1.29 is 19.0 Å². The van der Waals surface area contributed by atoms with Crippen molar-refractivity contribution in [2.45, 2.75) is 21.9 Å². The maximum atomic E-state index is 13.1. The number of halogens is 2. The Balaban J connectivity index is 1.77. The molecular weight excluding hydrogens is 469 g/mol. The quantitative estimate of drug-likeness (QED) is 0.334. The number of pyridine rings is 1. The van der Waals surface area contributed by atoms with Crippen LogP contribution in [0.1, 0.15) is 23.1 Å². The number of aromatic nitrogens is 1. The molecule has 0 spiro atoms. The lowest BCUT2D eigenvalue weighted by atomic mass is 9.71. The summed E-state index contributed by atoms with van der Waals surface area (Å²) in [6.07, 6.45) is 0.398. The predicted molar refractivity (Wildman–Crippen MR) is 123 cm³/mol. The van der Waals surface area contributed by atoms with Gasteiger partial charge in [-0.2, -0.15) is 0 Å². The van der Waals surface area contributed by atoms with Crippen LogP contribution in [0.25, 0.3) is 0 Å². The fourth-order valence-electron chi connectivity index (χ4n) is 4.74. The monoisotopic (exact) mass is 487 g/mol. The van der Waals surface area contributed by atoms with Crippen molar-refractivity contribution in [3.8, 4) is 5.75 Å². The molecule has 0 aliphatic carbocycles. The van der Waals surface area contributed by atoms with E-state index in [1.54, 1.807) is 13.2 Å². The summed E-state index contributed by atoms with van der Waals surface area (Å²) in [5, 5.41) is 0.491. The third kappa shape index (κ3) is 3.12.